The molecular weight excluding hydrogens is 362 g/mol. The van der Waals surface area contributed by atoms with Crippen LogP contribution in [0.4, 0.5) is 0 Å². The quantitative estimate of drug-likeness (QED) is 0.733. The molecule has 2 atom stereocenters. The third-order valence-corrected chi connectivity index (χ3v) is 5.56. The van der Waals surface area contributed by atoms with Crippen LogP contribution in [0.25, 0.3) is 0 Å². The van der Waals surface area contributed by atoms with Crippen LogP contribution in [-0.2, 0) is 9.47 Å². The van der Waals surface area contributed by atoms with E-state index in [2.05, 4.69) is 39.0 Å². The molecule has 22 heavy (non-hydrogen) atoms. The van der Waals surface area contributed by atoms with E-state index in [1.54, 1.807) is 7.11 Å². The molecule has 1 aliphatic rings. The summed E-state index contributed by atoms with van der Waals surface area (Å²) >= 11 is 5.39. The molecule has 5 heteroatoms. The molecule has 1 fully saturated rings. The van der Waals surface area contributed by atoms with E-state index in [0.29, 0.717) is 11.2 Å². The third kappa shape index (κ3) is 4.73. The zero-order valence-electron chi connectivity index (χ0n) is 13.3. The summed E-state index contributed by atoms with van der Waals surface area (Å²) in [6, 6.07) is 2.02. The molecule has 0 radical (unpaired) electrons. The first-order valence-electron chi connectivity index (χ1n) is 7.46. The summed E-state index contributed by atoms with van der Waals surface area (Å²) in [5.41, 5.74) is 1.84. The van der Waals surface area contributed by atoms with Gasteiger partial charge in [0.25, 0.3) is 0 Å². The molecule has 0 bridgehead atoms. The van der Waals surface area contributed by atoms with E-state index >= 15 is 0 Å². The van der Waals surface area contributed by atoms with Crippen LogP contribution in [0.15, 0.2) is 16.7 Å². The average molecular weight is 384 g/mol. The van der Waals surface area contributed by atoms with Crippen LogP contribution in [0.1, 0.15) is 37.1 Å². The molecule has 1 saturated heterocycles. The molecule has 1 aromatic rings. The molecule has 3 nitrogen and oxygen atoms in total. The molecular formula is C17H22BrNO2S. The minimum absolute atomic E-state index is 0.0300. The maximum atomic E-state index is 5.43. The Labute approximate surface area is 145 Å². The second-order valence-corrected chi connectivity index (χ2v) is 7.18. The van der Waals surface area contributed by atoms with Gasteiger partial charge in [-0.2, -0.15) is 0 Å². The fourth-order valence-corrected chi connectivity index (χ4v) is 3.98. The summed E-state index contributed by atoms with van der Waals surface area (Å²) in [5, 5.41) is 0.361. The fraction of sp³-hybridized carbons (Fsp3) is 0.588. The lowest BCUT2D eigenvalue weighted by Crippen LogP contribution is -2.24. The lowest BCUT2D eigenvalue weighted by Gasteiger charge is -2.25. The van der Waals surface area contributed by atoms with Crippen molar-refractivity contribution in [1.29, 1.82) is 0 Å². The number of hydrogen-bond donors (Lipinski definition) is 0. The zero-order valence-corrected chi connectivity index (χ0v) is 15.7. The fourth-order valence-electron chi connectivity index (χ4n) is 2.47. The van der Waals surface area contributed by atoms with Crippen LogP contribution >= 0.6 is 27.7 Å². The Morgan fingerprint density at radius 2 is 2.18 bits per heavy atom. The SMILES string of the molecule is CO[C@@H](C)c1ncc(C#CC(SC)C2CCOCC2)cc1Br. The summed E-state index contributed by atoms with van der Waals surface area (Å²) in [5.74, 6) is 7.31. The van der Waals surface area contributed by atoms with Gasteiger partial charge in [-0.05, 0) is 53.9 Å². The molecule has 0 amide bonds. The maximum Gasteiger partial charge on any atom is 0.0974 e. The van der Waals surface area contributed by atoms with Crippen molar-refractivity contribution in [3.05, 3.63) is 28.0 Å². The van der Waals surface area contributed by atoms with Crippen LogP contribution in [0.2, 0.25) is 0 Å². The van der Waals surface area contributed by atoms with Crippen molar-refractivity contribution in [1.82, 2.24) is 4.98 Å². The molecule has 0 aromatic carbocycles. The second-order valence-electron chi connectivity index (χ2n) is 5.34. The minimum Gasteiger partial charge on any atom is -0.381 e. The lowest BCUT2D eigenvalue weighted by molar-refractivity contribution is 0.0692. The Balaban J connectivity index is 2.11. The average Bonchev–Trinajstić information content (AvgIpc) is 2.56. The van der Waals surface area contributed by atoms with Gasteiger partial charge in [-0.15, -0.1) is 11.8 Å². The van der Waals surface area contributed by atoms with Crippen molar-refractivity contribution in [3.8, 4) is 11.8 Å². The number of halogens is 1. The zero-order chi connectivity index (χ0) is 15.9. The van der Waals surface area contributed by atoms with Gasteiger partial charge in [-0.25, -0.2) is 0 Å². The topological polar surface area (TPSA) is 31.4 Å². The van der Waals surface area contributed by atoms with E-state index in [0.717, 1.165) is 41.8 Å². The molecule has 1 unspecified atom stereocenters. The first-order chi connectivity index (χ1) is 10.7. The number of rotatable bonds is 4. The van der Waals surface area contributed by atoms with E-state index < -0.39 is 0 Å². The summed E-state index contributed by atoms with van der Waals surface area (Å²) in [6.07, 6.45) is 6.13. The van der Waals surface area contributed by atoms with Crippen LogP contribution in [-0.4, -0.2) is 36.8 Å². The molecule has 1 aromatic heterocycles. The van der Waals surface area contributed by atoms with Crippen LogP contribution in [0.3, 0.4) is 0 Å². The van der Waals surface area contributed by atoms with Gasteiger partial charge < -0.3 is 9.47 Å². The van der Waals surface area contributed by atoms with Gasteiger partial charge >= 0.3 is 0 Å². The Morgan fingerprint density at radius 1 is 1.45 bits per heavy atom. The van der Waals surface area contributed by atoms with Crippen molar-refractivity contribution < 1.29 is 9.47 Å². The minimum atomic E-state index is -0.0300. The van der Waals surface area contributed by atoms with Gasteiger partial charge in [0, 0.05) is 36.6 Å². The molecule has 2 rings (SSSR count). The van der Waals surface area contributed by atoms with Crippen molar-refractivity contribution in [2.24, 2.45) is 5.92 Å². The van der Waals surface area contributed by atoms with Crippen LogP contribution in [0, 0.1) is 17.8 Å². The standard InChI is InChI=1S/C17H22BrNO2S/c1-12(20-2)17-15(18)10-13(11-19-17)4-5-16(22-3)14-6-8-21-9-7-14/h10-12,14,16H,6-9H2,1-3H3/t12-,16?/m0/s1. The number of hydrogen-bond acceptors (Lipinski definition) is 4. The van der Waals surface area contributed by atoms with E-state index in [-0.39, 0.29) is 6.10 Å². The number of nitrogens with zero attached hydrogens (tertiary/aromatic N) is 1. The van der Waals surface area contributed by atoms with Gasteiger partial charge in [0.2, 0.25) is 0 Å². The Morgan fingerprint density at radius 3 is 2.77 bits per heavy atom. The number of pyridine rings is 1. The number of thioether (sulfide) groups is 1. The highest BCUT2D eigenvalue weighted by molar-refractivity contribution is 9.10. The molecule has 120 valence electrons. The van der Waals surface area contributed by atoms with E-state index in [1.807, 2.05) is 30.9 Å². The van der Waals surface area contributed by atoms with E-state index in [1.165, 1.54) is 0 Å². The number of methoxy groups -OCH3 is 1. The molecule has 0 aliphatic carbocycles. The summed E-state index contributed by atoms with van der Waals surface area (Å²) in [6.45, 7) is 3.70. The molecule has 2 heterocycles. The first-order valence-corrected chi connectivity index (χ1v) is 9.54. The van der Waals surface area contributed by atoms with Gasteiger partial charge in [0.05, 0.1) is 17.0 Å². The second kappa shape index (κ2) is 8.93. The van der Waals surface area contributed by atoms with E-state index in [4.69, 9.17) is 9.47 Å². The Bertz CT molecular complexity index is 549. The van der Waals surface area contributed by atoms with Gasteiger partial charge in [-0.3, -0.25) is 4.98 Å². The molecule has 0 N–H and O–H groups in total. The predicted molar refractivity (Wildman–Crippen MR) is 95.1 cm³/mol. The maximum absolute atomic E-state index is 5.43. The highest BCUT2D eigenvalue weighted by Gasteiger charge is 2.21. The van der Waals surface area contributed by atoms with Crippen molar-refractivity contribution in [2.75, 3.05) is 26.6 Å². The summed E-state index contributed by atoms with van der Waals surface area (Å²) in [7, 11) is 1.68. The number of ether oxygens (including phenoxy) is 2. The summed E-state index contributed by atoms with van der Waals surface area (Å²) < 4.78 is 11.7. The van der Waals surface area contributed by atoms with Gasteiger partial charge in [0.15, 0.2) is 0 Å². The van der Waals surface area contributed by atoms with Crippen LogP contribution < -0.4 is 0 Å². The van der Waals surface area contributed by atoms with Gasteiger partial charge in [-0.1, -0.05) is 11.8 Å². The predicted octanol–water partition coefficient (Wildman–Crippen LogP) is 4.06. The smallest absolute Gasteiger partial charge is 0.0974 e. The monoisotopic (exact) mass is 383 g/mol. The number of aromatic nitrogens is 1. The lowest BCUT2D eigenvalue weighted by atomic mass is 9.96. The highest BCUT2D eigenvalue weighted by atomic mass is 79.9. The van der Waals surface area contributed by atoms with Crippen LogP contribution in [0.5, 0.6) is 0 Å². The largest absolute Gasteiger partial charge is 0.381 e. The molecule has 0 spiro atoms. The molecule has 1 aliphatic heterocycles. The van der Waals surface area contributed by atoms with Crippen molar-refractivity contribution >= 4 is 27.7 Å². The van der Waals surface area contributed by atoms with Gasteiger partial charge in [0.1, 0.15) is 0 Å². The Kier molecular flexibility index (Phi) is 7.23. The van der Waals surface area contributed by atoms with E-state index in [9.17, 15) is 0 Å². The first kappa shape index (κ1) is 17.8. The Hall–Kier alpha value is -0.540. The van der Waals surface area contributed by atoms with Crippen molar-refractivity contribution in [2.45, 2.75) is 31.1 Å². The highest BCUT2D eigenvalue weighted by Crippen LogP contribution is 2.27. The van der Waals surface area contributed by atoms with Crippen molar-refractivity contribution in [3.63, 3.8) is 0 Å². The third-order valence-electron chi connectivity index (χ3n) is 3.92. The normalized spacial score (nSPS) is 18.4. The molecule has 0 saturated carbocycles. The summed E-state index contributed by atoms with van der Waals surface area (Å²) in [4.78, 5) is 4.46.